The molecule has 0 aliphatic heterocycles. The summed E-state index contributed by atoms with van der Waals surface area (Å²) in [6.07, 6.45) is 0. The lowest BCUT2D eigenvalue weighted by molar-refractivity contribution is 0.426. The van der Waals surface area contributed by atoms with Crippen LogP contribution in [0.25, 0.3) is 87.7 Å². The van der Waals surface area contributed by atoms with Crippen molar-refractivity contribution in [3.05, 3.63) is 271 Å². The highest BCUT2D eigenvalue weighted by atomic mass is 79.9. The topological polar surface area (TPSA) is 73.2 Å². The number of hydrogen-bond donors (Lipinski definition) is 2. The Morgan fingerprint density at radius 3 is 1.21 bits per heavy atom. The largest absolute Gasteiger partial charge is 0.489 e. The van der Waals surface area contributed by atoms with Gasteiger partial charge in [0.15, 0.2) is 0 Å². The Morgan fingerprint density at radius 1 is 0.329 bits per heavy atom. The van der Waals surface area contributed by atoms with Crippen LogP contribution in [0, 0.1) is 0 Å². The van der Waals surface area contributed by atoms with Crippen LogP contribution >= 0.6 is 15.9 Å². The Balaban J connectivity index is 0.000000146. The molecule has 2 aromatic heterocycles. The van der Waals surface area contributed by atoms with Crippen LogP contribution in [0.1, 0.15) is 0 Å². The molecule has 0 saturated heterocycles. The quantitative estimate of drug-likeness (QED) is 0.140. The minimum absolute atomic E-state index is 0.396. The number of rotatable bonds is 9. The van der Waals surface area contributed by atoms with Crippen LogP contribution in [0.15, 0.2) is 280 Å². The van der Waals surface area contributed by atoms with E-state index in [-0.39, 0.29) is 0 Å². The summed E-state index contributed by atoms with van der Waals surface area (Å²) in [6, 6.07) is 91.2. The van der Waals surface area contributed by atoms with Crippen molar-refractivity contribution in [1.82, 2.24) is 0 Å². The maximum absolute atomic E-state index is 10.6. The van der Waals surface area contributed by atoms with E-state index in [1.807, 2.05) is 115 Å². The van der Waals surface area contributed by atoms with Crippen molar-refractivity contribution >= 4 is 128 Å². The van der Waals surface area contributed by atoms with Gasteiger partial charge in [0.05, 0.1) is 5.69 Å². The zero-order chi connectivity index (χ0) is 51.1. The summed E-state index contributed by atoms with van der Waals surface area (Å²) in [5, 5.41) is 29.6. The third kappa shape index (κ3) is 8.64. The van der Waals surface area contributed by atoms with Crippen molar-refractivity contribution in [2.75, 3.05) is 9.80 Å². The normalized spacial score (nSPS) is 11.4. The average Bonchev–Trinajstić information content (AvgIpc) is 4.06. The van der Waals surface area contributed by atoms with Gasteiger partial charge in [-0.05, 0) is 115 Å². The standard InChI is InChI=1S/C34H24BNO3.C34H22BrNO/c37-35(38)31-21-28(22-32-33(31)30-17-9-16-29(34(30)39-32)24-11-3-1-4-12-24)36(26-14-5-2-6-15-26)27-19-18-23-10-7-8-13-25(23)20-27;35-31-21-28(22-32-33(31)30-17-9-16-29(34(30)37-32)24-11-3-1-4-12-24)36(26-14-5-2-6-15-26)27-19-18-23-10-7-8-13-25(23)20-27/h1-22,37-38H;1-22H. The molecule has 0 amide bonds. The summed E-state index contributed by atoms with van der Waals surface area (Å²) in [5.74, 6) is 0. The molecule has 0 aliphatic carbocycles. The second-order valence-corrected chi connectivity index (χ2v) is 19.6. The van der Waals surface area contributed by atoms with E-state index < -0.39 is 7.12 Å². The fourth-order valence-corrected chi connectivity index (χ4v) is 11.3. The van der Waals surface area contributed by atoms with E-state index in [1.54, 1.807) is 0 Å². The van der Waals surface area contributed by atoms with E-state index >= 15 is 0 Å². The number of para-hydroxylation sites is 4. The first-order valence-corrected chi connectivity index (χ1v) is 26.0. The van der Waals surface area contributed by atoms with Gasteiger partial charge >= 0.3 is 7.12 Å². The van der Waals surface area contributed by atoms with Gasteiger partial charge in [-0.25, -0.2) is 0 Å². The van der Waals surface area contributed by atoms with Crippen LogP contribution in [-0.2, 0) is 0 Å². The average molecular weight is 1050 g/mol. The SMILES string of the molecule is Brc1cc(N(c2ccccc2)c2ccc3ccccc3c2)cc2oc3c(-c4ccccc4)cccc3c12.OB(O)c1cc(N(c2ccccc2)c2ccc3ccccc3c2)cc2oc3c(-c4ccccc4)cccc3c12. The number of benzene rings is 12. The summed E-state index contributed by atoms with van der Waals surface area (Å²) in [5.41, 5.74) is 13.6. The summed E-state index contributed by atoms with van der Waals surface area (Å²) in [4.78, 5) is 4.39. The van der Waals surface area contributed by atoms with E-state index in [0.717, 1.165) is 105 Å². The number of halogens is 1. The molecule has 2 N–H and O–H groups in total. The second-order valence-electron chi connectivity index (χ2n) is 18.8. The Kier molecular flexibility index (Phi) is 12.2. The highest BCUT2D eigenvalue weighted by Crippen LogP contribution is 2.45. The molecule has 6 nitrogen and oxygen atoms in total. The van der Waals surface area contributed by atoms with Crippen molar-refractivity contribution in [3.63, 3.8) is 0 Å². The molecule has 2 heterocycles. The van der Waals surface area contributed by atoms with Gasteiger partial charge in [-0.1, -0.05) is 194 Å². The summed E-state index contributed by atoms with van der Waals surface area (Å²) < 4.78 is 14.1. The molecule has 14 aromatic rings. The van der Waals surface area contributed by atoms with Gasteiger partial charge in [-0.15, -0.1) is 0 Å². The van der Waals surface area contributed by atoms with Crippen LogP contribution in [0.5, 0.6) is 0 Å². The first-order valence-electron chi connectivity index (χ1n) is 25.2. The fourth-order valence-electron chi connectivity index (χ4n) is 10.6. The third-order valence-electron chi connectivity index (χ3n) is 14.1. The van der Waals surface area contributed by atoms with Gasteiger partial charge in [0.2, 0.25) is 0 Å². The van der Waals surface area contributed by atoms with Crippen LogP contribution in [-0.4, -0.2) is 17.2 Å². The monoisotopic (exact) mass is 1040 g/mol. The van der Waals surface area contributed by atoms with Gasteiger partial charge in [0.25, 0.3) is 0 Å². The first kappa shape index (κ1) is 46.6. The van der Waals surface area contributed by atoms with E-state index in [2.05, 4.69) is 177 Å². The lowest BCUT2D eigenvalue weighted by Gasteiger charge is -2.26. The van der Waals surface area contributed by atoms with Gasteiger partial charge in [0, 0.05) is 77.7 Å². The van der Waals surface area contributed by atoms with Crippen LogP contribution < -0.4 is 15.3 Å². The molecule has 0 fully saturated rings. The Hall–Kier alpha value is -9.18. The Morgan fingerprint density at radius 2 is 0.737 bits per heavy atom. The smallest absolute Gasteiger partial charge is 0.455 e. The van der Waals surface area contributed by atoms with E-state index in [1.165, 1.54) is 10.8 Å². The number of nitrogens with zero attached hydrogens (tertiary/aromatic N) is 2. The van der Waals surface area contributed by atoms with Gasteiger partial charge in [0.1, 0.15) is 22.3 Å². The Labute approximate surface area is 447 Å². The predicted molar refractivity (Wildman–Crippen MR) is 320 cm³/mol. The number of furan rings is 2. The highest BCUT2D eigenvalue weighted by Gasteiger charge is 2.25. The fraction of sp³-hybridized carbons (Fsp3) is 0. The van der Waals surface area contributed by atoms with Crippen LogP contribution in [0.3, 0.4) is 0 Å². The first-order chi connectivity index (χ1) is 37.4. The maximum atomic E-state index is 10.6. The molecule has 0 radical (unpaired) electrons. The highest BCUT2D eigenvalue weighted by molar-refractivity contribution is 9.10. The lowest BCUT2D eigenvalue weighted by Crippen LogP contribution is -2.31. The van der Waals surface area contributed by atoms with Crippen LogP contribution in [0.4, 0.5) is 34.1 Å². The van der Waals surface area contributed by atoms with Gasteiger partial charge in [-0.2, -0.15) is 0 Å². The molecule has 0 spiro atoms. The zero-order valence-corrected chi connectivity index (χ0v) is 42.6. The lowest BCUT2D eigenvalue weighted by atomic mass is 9.77. The molecule has 14 rings (SSSR count). The van der Waals surface area contributed by atoms with Crippen molar-refractivity contribution in [2.24, 2.45) is 0 Å². The van der Waals surface area contributed by atoms with Gasteiger partial charge in [-0.3, -0.25) is 0 Å². The van der Waals surface area contributed by atoms with Crippen LogP contribution in [0.2, 0.25) is 0 Å². The molecular weight excluding hydrogens is 999 g/mol. The summed E-state index contributed by atoms with van der Waals surface area (Å²) in [6.45, 7) is 0. The molecule has 0 bridgehead atoms. The maximum Gasteiger partial charge on any atom is 0.489 e. The van der Waals surface area contributed by atoms with E-state index in [0.29, 0.717) is 16.4 Å². The molecule has 0 aliphatic rings. The molecule has 0 atom stereocenters. The molecular formula is C68H46BBrN2O4. The van der Waals surface area contributed by atoms with Crippen molar-refractivity contribution in [1.29, 1.82) is 0 Å². The zero-order valence-electron chi connectivity index (χ0n) is 41.0. The molecule has 12 aromatic carbocycles. The minimum atomic E-state index is -1.68. The molecule has 0 saturated carbocycles. The molecule has 362 valence electrons. The van der Waals surface area contributed by atoms with Crippen molar-refractivity contribution in [2.45, 2.75) is 0 Å². The number of hydrogen-bond acceptors (Lipinski definition) is 6. The van der Waals surface area contributed by atoms with E-state index in [4.69, 9.17) is 8.83 Å². The van der Waals surface area contributed by atoms with E-state index in [9.17, 15) is 10.0 Å². The third-order valence-corrected chi connectivity index (χ3v) is 14.7. The van der Waals surface area contributed by atoms with Gasteiger partial charge < -0.3 is 28.7 Å². The molecule has 76 heavy (non-hydrogen) atoms. The Bertz CT molecular complexity index is 4410. The van der Waals surface area contributed by atoms with Crippen molar-refractivity contribution < 1.29 is 18.9 Å². The minimum Gasteiger partial charge on any atom is -0.455 e. The summed E-state index contributed by atoms with van der Waals surface area (Å²) in [7, 11) is -1.68. The number of fused-ring (bicyclic) bond motifs is 8. The second kappa shape index (κ2) is 19.9. The molecule has 8 heteroatoms. The summed E-state index contributed by atoms with van der Waals surface area (Å²) >= 11 is 3.90. The number of anilines is 6. The van der Waals surface area contributed by atoms with Crippen molar-refractivity contribution in [3.8, 4) is 22.3 Å². The predicted octanol–water partition coefficient (Wildman–Crippen LogP) is 18.2. The molecule has 0 unspecified atom stereocenters.